The molecule has 110 valence electrons. The maximum atomic E-state index is 5.03. The zero-order valence-electron chi connectivity index (χ0n) is 12.7. The van der Waals surface area contributed by atoms with E-state index in [-0.39, 0.29) is 0 Å². The molecular formula is C18H23N3. The number of fused-ring (bicyclic) bond motifs is 1. The maximum Gasteiger partial charge on any atom is 0.116 e. The summed E-state index contributed by atoms with van der Waals surface area (Å²) in [7, 11) is 0. The summed E-state index contributed by atoms with van der Waals surface area (Å²) in [6.07, 6.45) is 6.40. The molecule has 0 amide bonds. The lowest BCUT2D eigenvalue weighted by atomic mass is 10.1. The Morgan fingerprint density at radius 2 is 1.90 bits per heavy atom. The quantitative estimate of drug-likeness (QED) is 0.913. The Hall–Kier alpha value is -1.61. The standard InChI is InChI=1S/C18H23N3/c1-13-6-8-15(9-7-13)21-17-10-11-19-12-16(17)20-18(21)14-4-2-3-5-14/h6-9,14,19H,2-5,10-12H2,1H3. The van der Waals surface area contributed by atoms with E-state index in [0.29, 0.717) is 5.92 Å². The van der Waals surface area contributed by atoms with Gasteiger partial charge in [0.25, 0.3) is 0 Å². The average molecular weight is 281 g/mol. The molecule has 0 unspecified atom stereocenters. The molecule has 1 fully saturated rings. The molecule has 21 heavy (non-hydrogen) atoms. The Bertz CT molecular complexity index is 633. The second-order valence-corrected chi connectivity index (χ2v) is 6.44. The van der Waals surface area contributed by atoms with Gasteiger partial charge in [-0.3, -0.25) is 0 Å². The summed E-state index contributed by atoms with van der Waals surface area (Å²) in [5, 5.41) is 3.46. The third-order valence-corrected chi connectivity index (χ3v) is 4.93. The van der Waals surface area contributed by atoms with Crippen molar-refractivity contribution in [3.8, 4) is 5.69 Å². The minimum absolute atomic E-state index is 0.650. The summed E-state index contributed by atoms with van der Waals surface area (Å²) in [6.45, 7) is 4.14. The summed E-state index contributed by atoms with van der Waals surface area (Å²) in [5.41, 5.74) is 5.30. The highest BCUT2D eigenvalue weighted by Gasteiger charge is 2.27. The third-order valence-electron chi connectivity index (χ3n) is 4.93. The van der Waals surface area contributed by atoms with Crippen molar-refractivity contribution in [3.05, 3.63) is 47.0 Å². The first-order valence-corrected chi connectivity index (χ1v) is 8.21. The fourth-order valence-corrected chi connectivity index (χ4v) is 3.77. The monoisotopic (exact) mass is 281 g/mol. The van der Waals surface area contributed by atoms with E-state index in [4.69, 9.17) is 4.98 Å². The van der Waals surface area contributed by atoms with Gasteiger partial charge in [-0.2, -0.15) is 0 Å². The van der Waals surface area contributed by atoms with Crippen LogP contribution < -0.4 is 5.32 Å². The number of imidazole rings is 1. The van der Waals surface area contributed by atoms with E-state index in [2.05, 4.69) is 41.1 Å². The summed E-state index contributed by atoms with van der Waals surface area (Å²) in [4.78, 5) is 5.03. The average Bonchev–Trinajstić information content (AvgIpc) is 3.15. The molecule has 0 atom stereocenters. The molecule has 2 heterocycles. The van der Waals surface area contributed by atoms with Gasteiger partial charge in [0, 0.05) is 36.8 Å². The molecule has 1 aliphatic heterocycles. The molecule has 1 saturated carbocycles. The summed E-state index contributed by atoms with van der Waals surface area (Å²) >= 11 is 0. The molecule has 1 aromatic heterocycles. The molecule has 0 radical (unpaired) electrons. The van der Waals surface area contributed by atoms with Crippen LogP contribution in [0.2, 0.25) is 0 Å². The van der Waals surface area contributed by atoms with Crippen LogP contribution in [0.25, 0.3) is 5.69 Å². The first kappa shape index (κ1) is 13.1. The zero-order valence-corrected chi connectivity index (χ0v) is 12.7. The topological polar surface area (TPSA) is 29.9 Å². The van der Waals surface area contributed by atoms with Gasteiger partial charge in [-0.1, -0.05) is 30.5 Å². The Balaban J connectivity index is 1.85. The van der Waals surface area contributed by atoms with Gasteiger partial charge in [0.05, 0.1) is 5.69 Å². The van der Waals surface area contributed by atoms with Gasteiger partial charge in [-0.05, 0) is 31.9 Å². The highest BCUT2D eigenvalue weighted by atomic mass is 15.1. The molecule has 0 bridgehead atoms. The predicted octanol–water partition coefficient (Wildman–Crippen LogP) is 3.48. The summed E-state index contributed by atoms with van der Waals surface area (Å²) < 4.78 is 2.46. The van der Waals surface area contributed by atoms with Crippen LogP contribution in [0.4, 0.5) is 0 Å². The van der Waals surface area contributed by atoms with E-state index < -0.39 is 0 Å². The second-order valence-electron chi connectivity index (χ2n) is 6.44. The largest absolute Gasteiger partial charge is 0.311 e. The molecule has 4 rings (SSSR count). The van der Waals surface area contributed by atoms with Crippen molar-refractivity contribution in [3.63, 3.8) is 0 Å². The van der Waals surface area contributed by atoms with Gasteiger partial charge in [-0.15, -0.1) is 0 Å². The van der Waals surface area contributed by atoms with Crippen LogP contribution in [0.1, 0.15) is 54.4 Å². The van der Waals surface area contributed by atoms with E-state index in [0.717, 1.165) is 19.5 Å². The number of nitrogens with one attached hydrogen (secondary N) is 1. The van der Waals surface area contributed by atoms with Crippen LogP contribution in [0.5, 0.6) is 0 Å². The first-order chi connectivity index (χ1) is 10.3. The zero-order chi connectivity index (χ0) is 14.2. The normalized spacial score (nSPS) is 18.9. The van der Waals surface area contributed by atoms with Crippen molar-refractivity contribution in [1.29, 1.82) is 0 Å². The number of nitrogens with zero attached hydrogens (tertiary/aromatic N) is 2. The van der Waals surface area contributed by atoms with E-state index in [1.807, 2.05) is 0 Å². The highest BCUT2D eigenvalue weighted by Crippen LogP contribution is 2.36. The number of hydrogen-bond acceptors (Lipinski definition) is 2. The smallest absolute Gasteiger partial charge is 0.116 e. The summed E-state index contributed by atoms with van der Waals surface area (Å²) in [6, 6.07) is 8.91. The van der Waals surface area contributed by atoms with Gasteiger partial charge < -0.3 is 9.88 Å². The molecule has 1 aliphatic carbocycles. The minimum atomic E-state index is 0.650. The van der Waals surface area contributed by atoms with Crippen molar-refractivity contribution in [2.45, 2.75) is 51.5 Å². The lowest BCUT2D eigenvalue weighted by Crippen LogP contribution is -2.24. The van der Waals surface area contributed by atoms with E-state index in [9.17, 15) is 0 Å². The fourth-order valence-electron chi connectivity index (χ4n) is 3.77. The number of rotatable bonds is 2. The van der Waals surface area contributed by atoms with Crippen molar-refractivity contribution < 1.29 is 0 Å². The lowest BCUT2D eigenvalue weighted by Gasteiger charge is -2.18. The van der Waals surface area contributed by atoms with Crippen LogP contribution in [-0.2, 0) is 13.0 Å². The van der Waals surface area contributed by atoms with Gasteiger partial charge in [0.2, 0.25) is 0 Å². The number of hydrogen-bond donors (Lipinski definition) is 1. The van der Waals surface area contributed by atoms with Gasteiger partial charge in [0.1, 0.15) is 5.82 Å². The molecule has 0 saturated heterocycles. The Labute approximate surface area is 126 Å². The van der Waals surface area contributed by atoms with Crippen molar-refractivity contribution in [2.24, 2.45) is 0 Å². The van der Waals surface area contributed by atoms with Crippen LogP contribution in [0.15, 0.2) is 24.3 Å². The van der Waals surface area contributed by atoms with Gasteiger partial charge in [0.15, 0.2) is 0 Å². The fraction of sp³-hybridized carbons (Fsp3) is 0.500. The van der Waals surface area contributed by atoms with E-state index >= 15 is 0 Å². The number of benzene rings is 1. The van der Waals surface area contributed by atoms with E-state index in [1.165, 1.54) is 54.1 Å². The van der Waals surface area contributed by atoms with Crippen LogP contribution in [0.3, 0.4) is 0 Å². The van der Waals surface area contributed by atoms with E-state index in [1.54, 1.807) is 0 Å². The Morgan fingerprint density at radius 1 is 1.14 bits per heavy atom. The molecular weight excluding hydrogens is 258 g/mol. The van der Waals surface area contributed by atoms with Crippen LogP contribution >= 0.6 is 0 Å². The number of aryl methyl sites for hydroxylation is 1. The molecule has 2 aliphatic rings. The van der Waals surface area contributed by atoms with Crippen LogP contribution in [0, 0.1) is 6.92 Å². The third kappa shape index (κ3) is 2.30. The van der Waals surface area contributed by atoms with Crippen molar-refractivity contribution >= 4 is 0 Å². The molecule has 0 spiro atoms. The second kappa shape index (κ2) is 5.30. The summed E-state index contributed by atoms with van der Waals surface area (Å²) in [5.74, 6) is 1.96. The van der Waals surface area contributed by atoms with Crippen LogP contribution in [-0.4, -0.2) is 16.1 Å². The lowest BCUT2D eigenvalue weighted by molar-refractivity contribution is 0.618. The Morgan fingerprint density at radius 3 is 2.67 bits per heavy atom. The molecule has 1 N–H and O–H groups in total. The first-order valence-electron chi connectivity index (χ1n) is 8.21. The number of aromatic nitrogens is 2. The Kier molecular flexibility index (Phi) is 3.30. The van der Waals surface area contributed by atoms with Crippen molar-refractivity contribution in [2.75, 3.05) is 6.54 Å². The maximum absolute atomic E-state index is 5.03. The highest BCUT2D eigenvalue weighted by molar-refractivity contribution is 5.41. The van der Waals surface area contributed by atoms with Crippen molar-refractivity contribution in [1.82, 2.24) is 14.9 Å². The molecule has 1 aromatic carbocycles. The van der Waals surface area contributed by atoms with Gasteiger partial charge in [-0.25, -0.2) is 4.98 Å². The molecule has 2 aromatic rings. The molecule has 3 heteroatoms. The molecule has 3 nitrogen and oxygen atoms in total. The predicted molar refractivity (Wildman–Crippen MR) is 84.9 cm³/mol. The van der Waals surface area contributed by atoms with Gasteiger partial charge >= 0.3 is 0 Å². The minimum Gasteiger partial charge on any atom is -0.311 e. The SMILES string of the molecule is Cc1ccc(-n2c(C3CCCC3)nc3c2CCNC3)cc1.